The Labute approximate surface area is 509 Å². The Hall–Kier alpha value is -5.75. The molecule has 0 heterocycles. The summed E-state index contributed by atoms with van der Waals surface area (Å²) < 4.78 is 16.9. The van der Waals surface area contributed by atoms with Gasteiger partial charge in [0.15, 0.2) is 6.10 Å². The van der Waals surface area contributed by atoms with Gasteiger partial charge in [-0.1, -0.05) is 273 Å². The molecule has 0 aromatic carbocycles. The van der Waals surface area contributed by atoms with Gasteiger partial charge in [-0.15, -0.1) is 0 Å². The van der Waals surface area contributed by atoms with Crippen LogP contribution in [0, 0.1) is 0 Å². The zero-order valence-electron chi connectivity index (χ0n) is 52.9. The molecule has 0 rings (SSSR count). The van der Waals surface area contributed by atoms with Gasteiger partial charge < -0.3 is 14.2 Å². The topological polar surface area (TPSA) is 78.9 Å². The maximum absolute atomic E-state index is 13.0. The Balaban J connectivity index is 4.59. The minimum atomic E-state index is -0.832. The van der Waals surface area contributed by atoms with Crippen LogP contribution >= 0.6 is 0 Å². The summed E-state index contributed by atoms with van der Waals surface area (Å²) in [6.45, 7) is 6.21. The molecule has 0 N–H and O–H groups in total. The third-order valence-electron chi connectivity index (χ3n) is 13.1. The molecule has 1 unspecified atom stereocenters. The number of allylic oxidation sites excluding steroid dienone is 32. The number of rotatable bonds is 57. The average molecular weight is 1140 g/mol. The van der Waals surface area contributed by atoms with Crippen LogP contribution in [0.1, 0.15) is 252 Å². The van der Waals surface area contributed by atoms with E-state index < -0.39 is 6.10 Å². The zero-order chi connectivity index (χ0) is 59.9. The third kappa shape index (κ3) is 66.9. The molecule has 0 aromatic heterocycles. The van der Waals surface area contributed by atoms with Crippen molar-refractivity contribution in [2.45, 2.75) is 258 Å². The largest absolute Gasteiger partial charge is 0.462 e. The fourth-order valence-electron chi connectivity index (χ4n) is 8.27. The molecule has 83 heavy (non-hydrogen) atoms. The van der Waals surface area contributed by atoms with E-state index in [1.54, 1.807) is 0 Å². The molecule has 0 saturated heterocycles. The van der Waals surface area contributed by atoms with E-state index in [9.17, 15) is 14.4 Å². The summed E-state index contributed by atoms with van der Waals surface area (Å²) in [5.74, 6) is -1.03. The number of hydrogen-bond donors (Lipinski definition) is 0. The van der Waals surface area contributed by atoms with Gasteiger partial charge >= 0.3 is 17.9 Å². The van der Waals surface area contributed by atoms with Crippen molar-refractivity contribution in [3.63, 3.8) is 0 Å². The average Bonchev–Trinajstić information content (AvgIpc) is 3.49. The van der Waals surface area contributed by atoms with Crippen molar-refractivity contribution >= 4 is 17.9 Å². The van der Waals surface area contributed by atoms with E-state index in [0.717, 1.165) is 161 Å². The van der Waals surface area contributed by atoms with Crippen molar-refractivity contribution < 1.29 is 28.6 Å². The maximum Gasteiger partial charge on any atom is 0.306 e. The second-order valence-electron chi connectivity index (χ2n) is 20.9. The summed E-state index contributed by atoms with van der Waals surface area (Å²) in [7, 11) is 0. The van der Waals surface area contributed by atoms with Gasteiger partial charge in [0.25, 0.3) is 0 Å². The van der Waals surface area contributed by atoms with E-state index in [4.69, 9.17) is 14.2 Å². The summed E-state index contributed by atoms with van der Waals surface area (Å²) in [4.78, 5) is 38.4. The standard InChI is InChI=1S/C77H118O6/c1-4-7-10-13-16-19-22-25-28-31-34-36-38-40-43-46-49-52-55-58-61-64-67-70-76(79)82-73-74(72-81-75(78)69-66-63-60-57-54-51-48-45-42-33-30-27-24-21-18-15-12-9-6-3)83-77(80)71-68-65-62-59-56-53-50-47-44-41-39-37-35-32-29-26-23-20-17-14-11-8-5-2/h7-12,16-21,25-30,34-37,40,42-43,45,49,51-52,54,58,61,74H,4-6,13-15,22-24,31-33,38-39,41,44,46-48,50,53,55-57,59-60,62-73H2,1-3H3/b10-7-,11-8-,12-9-,19-16-,20-17-,21-18-,28-25-,29-26-,30-27-,36-34-,37-35-,43-40-,45-42-,52-49-,54-51-,61-58-. The fraction of sp³-hybridized carbons (Fsp3) is 0.545. The molecule has 462 valence electrons. The molecule has 6 heteroatoms. The molecular weight excluding hydrogens is 1020 g/mol. The summed E-state index contributed by atoms with van der Waals surface area (Å²) in [6.07, 6.45) is 104. The lowest BCUT2D eigenvalue weighted by molar-refractivity contribution is -0.167. The molecule has 0 aliphatic rings. The lowest BCUT2D eigenvalue weighted by atomic mass is 10.0. The molecule has 0 spiro atoms. The maximum atomic E-state index is 13.0. The van der Waals surface area contributed by atoms with Gasteiger partial charge in [0.1, 0.15) is 13.2 Å². The number of esters is 3. The van der Waals surface area contributed by atoms with Gasteiger partial charge in [0, 0.05) is 19.3 Å². The molecule has 0 fully saturated rings. The van der Waals surface area contributed by atoms with Crippen LogP contribution in [0.3, 0.4) is 0 Å². The van der Waals surface area contributed by atoms with Crippen LogP contribution in [0.5, 0.6) is 0 Å². The highest BCUT2D eigenvalue weighted by atomic mass is 16.6. The number of hydrogen-bond acceptors (Lipinski definition) is 6. The summed E-state index contributed by atoms with van der Waals surface area (Å²) >= 11 is 0. The van der Waals surface area contributed by atoms with Crippen LogP contribution in [0.2, 0.25) is 0 Å². The number of carbonyl (C=O) groups excluding carboxylic acids is 3. The first-order valence-electron chi connectivity index (χ1n) is 32.9. The van der Waals surface area contributed by atoms with Gasteiger partial charge in [-0.2, -0.15) is 0 Å². The highest BCUT2D eigenvalue weighted by Crippen LogP contribution is 2.14. The van der Waals surface area contributed by atoms with Crippen molar-refractivity contribution in [2.24, 2.45) is 0 Å². The van der Waals surface area contributed by atoms with Crippen LogP contribution < -0.4 is 0 Å². The quantitative estimate of drug-likeness (QED) is 0.0261. The van der Waals surface area contributed by atoms with E-state index in [1.165, 1.54) is 44.9 Å². The predicted octanol–water partition coefficient (Wildman–Crippen LogP) is 23.0. The molecule has 0 amide bonds. The Morgan fingerprint density at radius 2 is 0.446 bits per heavy atom. The summed E-state index contributed by atoms with van der Waals surface area (Å²) in [6, 6.07) is 0. The molecule has 0 bridgehead atoms. The van der Waals surface area contributed by atoms with Crippen molar-refractivity contribution in [1.29, 1.82) is 0 Å². The minimum Gasteiger partial charge on any atom is -0.462 e. The molecule has 0 aromatic rings. The summed E-state index contributed by atoms with van der Waals surface area (Å²) in [5.41, 5.74) is 0. The van der Waals surface area contributed by atoms with Gasteiger partial charge in [0.05, 0.1) is 0 Å². The third-order valence-corrected chi connectivity index (χ3v) is 13.1. The van der Waals surface area contributed by atoms with Crippen molar-refractivity contribution in [1.82, 2.24) is 0 Å². The number of ether oxygens (including phenoxy) is 3. The van der Waals surface area contributed by atoms with Gasteiger partial charge in [-0.3, -0.25) is 14.4 Å². The van der Waals surface area contributed by atoms with Gasteiger partial charge in [-0.25, -0.2) is 0 Å². The molecule has 1 atom stereocenters. The molecule has 0 saturated carbocycles. The van der Waals surface area contributed by atoms with Crippen LogP contribution in [-0.4, -0.2) is 37.2 Å². The lowest BCUT2D eigenvalue weighted by Gasteiger charge is -2.18. The van der Waals surface area contributed by atoms with Crippen LogP contribution in [-0.2, 0) is 28.6 Å². The molecular formula is C77H118O6. The summed E-state index contributed by atoms with van der Waals surface area (Å²) in [5, 5.41) is 0. The zero-order valence-corrected chi connectivity index (χ0v) is 52.9. The number of carbonyl (C=O) groups is 3. The highest BCUT2D eigenvalue weighted by Gasteiger charge is 2.19. The lowest BCUT2D eigenvalue weighted by Crippen LogP contribution is -2.30. The van der Waals surface area contributed by atoms with Crippen LogP contribution in [0.15, 0.2) is 194 Å². The van der Waals surface area contributed by atoms with Gasteiger partial charge in [-0.05, 0) is 154 Å². The van der Waals surface area contributed by atoms with Crippen LogP contribution in [0.4, 0.5) is 0 Å². The van der Waals surface area contributed by atoms with Crippen molar-refractivity contribution in [3.8, 4) is 0 Å². The molecule has 0 aliphatic carbocycles. The monoisotopic (exact) mass is 1140 g/mol. The Bertz CT molecular complexity index is 1990. The van der Waals surface area contributed by atoms with E-state index in [1.807, 2.05) is 0 Å². The van der Waals surface area contributed by atoms with E-state index in [2.05, 4.69) is 215 Å². The smallest absolute Gasteiger partial charge is 0.306 e. The predicted molar refractivity (Wildman–Crippen MR) is 361 cm³/mol. The SMILES string of the molecule is CC/C=C\C/C=C\C/C=C\C/C=C\C/C=C\C/C=C\C/C=C\CCCC(=O)OCC(COC(=O)CCCCC/C=C\C/C=C\C/C=C\C/C=C\C/C=C\CC)OC(=O)CCCCCCCCCCCC/C=C\C/C=C\C/C=C\C/C=C\CC. The molecule has 0 aliphatic heterocycles. The van der Waals surface area contributed by atoms with E-state index >= 15 is 0 Å². The highest BCUT2D eigenvalue weighted by molar-refractivity contribution is 5.71. The Kier molecular flexibility index (Phi) is 64.0. The first kappa shape index (κ1) is 77.2. The Morgan fingerprint density at radius 1 is 0.241 bits per heavy atom. The fourth-order valence-corrected chi connectivity index (χ4v) is 8.27. The van der Waals surface area contributed by atoms with E-state index in [-0.39, 0.29) is 37.5 Å². The van der Waals surface area contributed by atoms with E-state index in [0.29, 0.717) is 19.3 Å². The molecule has 6 nitrogen and oxygen atoms in total. The normalized spacial score (nSPS) is 13.4. The second kappa shape index (κ2) is 68.7. The first-order chi connectivity index (χ1) is 41.0. The minimum absolute atomic E-state index is 0.125. The second-order valence-corrected chi connectivity index (χ2v) is 20.9. The van der Waals surface area contributed by atoms with Crippen molar-refractivity contribution in [3.05, 3.63) is 194 Å². The van der Waals surface area contributed by atoms with Crippen molar-refractivity contribution in [2.75, 3.05) is 13.2 Å². The van der Waals surface area contributed by atoms with Gasteiger partial charge in [0.2, 0.25) is 0 Å². The van der Waals surface area contributed by atoms with Crippen LogP contribution in [0.25, 0.3) is 0 Å². The number of unbranched alkanes of at least 4 members (excludes halogenated alkanes) is 14. The first-order valence-corrected chi connectivity index (χ1v) is 32.9. The molecule has 0 radical (unpaired) electrons. The Morgan fingerprint density at radius 3 is 0.735 bits per heavy atom.